The number of sulfonamides is 1. The molecule has 0 spiro atoms. The minimum atomic E-state index is -3.59. The van der Waals surface area contributed by atoms with E-state index < -0.39 is 10.0 Å². The summed E-state index contributed by atoms with van der Waals surface area (Å²) in [7, 11) is -3.59. The van der Waals surface area contributed by atoms with Crippen LogP contribution in [0.1, 0.15) is 25.3 Å². The van der Waals surface area contributed by atoms with Crippen LogP contribution in [0.25, 0.3) is 0 Å². The zero-order valence-electron chi connectivity index (χ0n) is 16.5. The van der Waals surface area contributed by atoms with Crippen molar-refractivity contribution in [1.82, 2.24) is 4.31 Å². The molecule has 0 radical (unpaired) electrons. The molecule has 1 aliphatic heterocycles. The number of nitrogens with zero attached hydrogens (tertiary/aromatic N) is 1. The Kier molecular flexibility index (Phi) is 6.97. The van der Waals surface area contributed by atoms with Gasteiger partial charge in [-0.25, -0.2) is 8.42 Å². The van der Waals surface area contributed by atoms with E-state index in [9.17, 15) is 13.2 Å². The van der Waals surface area contributed by atoms with Crippen LogP contribution in [0.3, 0.4) is 0 Å². The van der Waals surface area contributed by atoms with Gasteiger partial charge >= 0.3 is 0 Å². The number of benzene rings is 2. The maximum absolute atomic E-state index is 13.0. The summed E-state index contributed by atoms with van der Waals surface area (Å²) in [6, 6.07) is 12.3. The Morgan fingerprint density at radius 3 is 2.41 bits per heavy atom. The van der Waals surface area contributed by atoms with Gasteiger partial charge in [0.25, 0.3) is 0 Å². The molecule has 0 atom stereocenters. The van der Waals surface area contributed by atoms with Gasteiger partial charge in [0.15, 0.2) is 0 Å². The predicted octanol–water partition coefficient (Wildman–Crippen LogP) is 4.20. The average Bonchev–Trinajstić information content (AvgIpc) is 2.71. The highest BCUT2D eigenvalue weighted by molar-refractivity contribution is 9.10. The number of carbonyl (C=O) groups excluding carboxylic acids is 1. The number of halogens is 1. The van der Waals surface area contributed by atoms with E-state index in [-0.39, 0.29) is 16.7 Å². The summed E-state index contributed by atoms with van der Waals surface area (Å²) in [5.74, 6) is 0.420. The predicted molar refractivity (Wildman–Crippen MR) is 117 cm³/mol. The molecule has 2 aromatic rings. The lowest BCUT2D eigenvalue weighted by atomic mass is 9.97. The van der Waals surface area contributed by atoms with Crippen LogP contribution < -0.4 is 10.1 Å². The van der Waals surface area contributed by atoms with Gasteiger partial charge in [-0.15, -0.1) is 0 Å². The maximum atomic E-state index is 13.0. The van der Waals surface area contributed by atoms with E-state index in [1.807, 2.05) is 38.1 Å². The lowest BCUT2D eigenvalue weighted by molar-refractivity contribution is -0.120. The van der Waals surface area contributed by atoms with E-state index >= 15 is 0 Å². The number of hydrogen-bond donors (Lipinski definition) is 1. The Balaban J connectivity index is 1.62. The van der Waals surface area contributed by atoms with Gasteiger partial charge in [-0.1, -0.05) is 15.9 Å². The number of ether oxygens (including phenoxy) is 1. The van der Waals surface area contributed by atoms with Crippen LogP contribution in [0.5, 0.6) is 5.75 Å². The normalized spacial score (nSPS) is 15.8. The summed E-state index contributed by atoms with van der Waals surface area (Å²) in [6.45, 7) is 4.91. The second-order valence-electron chi connectivity index (χ2n) is 7.03. The first kappa shape index (κ1) is 21.8. The highest BCUT2D eigenvalue weighted by atomic mass is 79.9. The van der Waals surface area contributed by atoms with E-state index in [0.717, 1.165) is 15.7 Å². The molecule has 0 unspecified atom stereocenters. The molecular weight excluding hydrogens is 456 g/mol. The third-order valence-corrected chi connectivity index (χ3v) is 7.44. The molecule has 6 nitrogen and oxygen atoms in total. The molecular formula is C21H25BrN2O4S. The summed E-state index contributed by atoms with van der Waals surface area (Å²) in [4.78, 5) is 12.8. The van der Waals surface area contributed by atoms with Gasteiger partial charge in [-0.3, -0.25) is 4.79 Å². The Hall–Kier alpha value is -1.90. The number of hydrogen-bond acceptors (Lipinski definition) is 4. The molecule has 2 aromatic carbocycles. The van der Waals surface area contributed by atoms with Gasteiger partial charge in [0.05, 0.1) is 11.5 Å². The van der Waals surface area contributed by atoms with Crippen molar-refractivity contribution >= 4 is 37.5 Å². The third kappa shape index (κ3) is 5.18. The number of nitrogens with one attached hydrogen (secondary N) is 1. The van der Waals surface area contributed by atoms with E-state index in [1.54, 1.807) is 18.2 Å². The van der Waals surface area contributed by atoms with Crippen LogP contribution >= 0.6 is 15.9 Å². The summed E-state index contributed by atoms with van der Waals surface area (Å²) in [5, 5.41) is 2.91. The van der Waals surface area contributed by atoms with Crippen molar-refractivity contribution in [3.05, 3.63) is 52.5 Å². The van der Waals surface area contributed by atoms with E-state index in [0.29, 0.717) is 38.3 Å². The summed E-state index contributed by atoms with van der Waals surface area (Å²) in [6.07, 6.45) is 0.995. The largest absolute Gasteiger partial charge is 0.494 e. The molecule has 0 aromatic heterocycles. The number of aryl methyl sites for hydroxylation is 1. The first-order valence-electron chi connectivity index (χ1n) is 9.61. The standard InChI is InChI=1S/C21H25BrN2O4S/c1-3-28-20-9-8-19(14-15(20)2)29(26,27)24-12-10-16(11-13-24)21(25)23-18-6-4-17(22)5-7-18/h4-9,14,16H,3,10-13H2,1-2H3,(H,23,25). The molecule has 1 N–H and O–H groups in total. The van der Waals surface area contributed by atoms with Crippen LogP contribution in [0.15, 0.2) is 51.8 Å². The Bertz CT molecular complexity index is 969. The average molecular weight is 481 g/mol. The molecule has 3 rings (SSSR count). The summed E-state index contributed by atoms with van der Waals surface area (Å²) in [5.41, 5.74) is 1.52. The molecule has 29 heavy (non-hydrogen) atoms. The Morgan fingerprint density at radius 2 is 1.83 bits per heavy atom. The maximum Gasteiger partial charge on any atom is 0.243 e. The first-order valence-corrected chi connectivity index (χ1v) is 11.8. The van der Waals surface area contributed by atoms with Gasteiger partial charge in [-0.05, 0) is 74.7 Å². The second-order valence-corrected chi connectivity index (χ2v) is 9.89. The molecule has 1 saturated heterocycles. The Labute approximate surface area is 180 Å². The van der Waals surface area contributed by atoms with Crippen LogP contribution in [0.4, 0.5) is 5.69 Å². The molecule has 0 aliphatic carbocycles. The van der Waals surface area contributed by atoms with Gasteiger partial charge in [0, 0.05) is 29.2 Å². The molecule has 0 bridgehead atoms. The van der Waals surface area contributed by atoms with Crippen molar-refractivity contribution in [2.45, 2.75) is 31.6 Å². The van der Waals surface area contributed by atoms with Gasteiger partial charge < -0.3 is 10.1 Å². The van der Waals surface area contributed by atoms with Gasteiger partial charge in [0.1, 0.15) is 5.75 Å². The van der Waals surface area contributed by atoms with Crippen LogP contribution in [0, 0.1) is 12.8 Å². The zero-order valence-corrected chi connectivity index (χ0v) is 18.9. The minimum absolute atomic E-state index is 0.0683. The van der Waals surface area contributed by atoms with Crippen LogP contribution in [-0.2, 0) is 14.8 Å². The quantitative estimate of drug-likeness (QED) is 0.671. The third-order valence-electron chi connectivity index (χ3n) is 5.02. The molecule has 0 saturated carbocycles. The van der Waals surface area contributed by atoms with Crippen molar-refractivity contribution in [1.29, 1.82) is 0 Å². The fraction of sp³-hybridized carbons (Fsp3) is 0.381. The van der Waals surface area contributed by atoms with Crippen molar-refractivity contribution in [3.8, 4) is 5.75 Å². The van der Waals surface area contributed by atoms with Crippen molar-refractivity contribution in [3.63, 3.8) is 0 Å². The van der Waals surface area contributed by atoms with E-state index in [1.165, 1.54) is 4.31 Å². The molecule has 8 heteroatoms. The van der Waals surface area contributed by atoms with Gasteiger partial charge in [-0.2, -0.15) is 4.31 Å². The number of piperidine rings is 1. The fourth-order valence-electron chi connectivity index (χ4n) is 3.38. The van der Waals surface area contributed by atoms with E-state index in [2.05, 4.69) is 21.2 Å². The van der Waals surface area contributed by atoms with Crippen LogP contribution in [0.2, 0.25) is 0 Å². The smallest absolute Gasteiger partial charge is 0.243 e. The fourth-order valence-corrected chi connectivity index (χ4v) is 5.20. The monoisotopic (exact) mass is 480 g/mol. The topological polar surface area (TPSA) is 75.7 Å². The Morgan fingerprint density at radius 1 is 1.17 bits per heavy atom. The minimum Gasteiger partial charge on any atom is -0.494 e. The number of carbonyl (C=O) groups is 1. The molecule has 1 amide bonds. The first-order chi connectivity index (χ1) is 13.8. The lowest BCUT2D eigenvalue weighted by Crippen LogP contribution is -2.41. The highest BCUT2D eigenvalue weighted by Crippen LogP contribution is 2.28. The van der Waals surface area contributed by atoms with Crippen LogP contribution in [-0.4, -0.2) is 38.3 Å². The number of amides is 1. The van der Waals surface area contributed by atoms with Crippen molar-refractivity contribution in [2.24, 2.45) is 5.92 Å². The highest BCUT2D eigenvalue weighted by Gasteiger charge is 2.32. The van der Waals surface area contributed by atoms with E-state index in [4.69, 9.17) is 4.74 Å². The summed E-state index contributed by atoms with van der Waals surface area (Å²) >= 11 is 3.37. The molecule has 1 aliphatic rings. The SMILES string of the molecule is CCOc1ccc(S(=O)(=O)N2CCC(C(=O)Nc3ccc(Br)cc3)CC2)cc1C. The number of anilines is 1. The zero-order chi connectivity index (χ0) is 21.0. The second kappa shape index (κ2) is 9.28. The summed E-state index contributed by atoms with van der Waals surface area (Å²) < 4.78 is 33.9. The molecule has 1 heterocycles. The van der Waals surface area contributed by atoms with Crippen molar-refractivity contribution in [2.75, 3.05) is 25.0 Å². The molecule has 1 fully saturated rings. The van der Waals surface area contributed by atoms with Crippen molar-refractivity contribution < 1.29 is 17.9 Å². The molecule has 156 valence electrons. The lowest BCUT2D eigenvalue weighted by Gasteiger charge is -2.30. The van der Waals surface area contributed by atoms with Gasteiger partial charge in [0.2, 0.25) is 15.9 Å². The number of rotatable bonds is 6.